The van der Waals surface area contributed by atoms with E-state index in [4.69, 9.17) is 0 Å². The minimum absolute atomic E-state index is 0.140. The number of carbonyl (C=O) groups is 1. The van der Waals surface area contributed by atoms with Gasteiger partial charge in [0.15, 0.2) is 5.82 Å². The van der Waals surface area contributed by atoms with Crippen LogP contribution in [0.1, 0.15) is 21.6 Å². The Morgan fingerprint density at radius 2 is 1.93 bits per heavy atom. The van der Waals surface area contributed by atoms with Crippen molar-refractivity contribution in [1.29, 1.82) is 0 Å². The minimum atomic E-state index is -0.490. The number of esters is 1. The zero-order valence-electron chi connectivity index (χ0n) is 16.4. The highest BCUT2D eigenvalue weighted by molar-refractivity contribution is 5.88. The van der Waals surface area contributed by atoms with Crippen molar-refractivity contribution in [3.8, 4) is 17.1 Å². The number of rotatable bonds is 5. The molecule has 0 aliphatic heterocycles. The molecule has 0 radical (unpaired) electrons. The first kappa shape index (κ1) is 19.2. The third-order valence-corrected chi connectivity index (χ3v) is 4.47. The number of hydrogen-bond donors (Lipinski definition) is 0. The highest BCUT2D eigenvalue weighted by Crippen LogP contribution is 2.18. The fourth-order valence-electron chi connectivity index (χ4n) is 2.95. The molecule has 4 rings (SSSR count). The highest BCUT2D eigenvalue weighted by atomic mass is 16.5. The van der Waals surface area contributed by atoms with Crippen molar-refractivity contribution in [2.24, 2.45) is 7.05 Å². The standard InChI is InChI=1S/C21H18N6O3/c1-26-13-17(12-24-26)27-7-6-19(28)18(25-27)9-14-4-3-5-15(8-14)20-22-10-16(11-23-20)21(29)30-2/h3-8,10-13H,9H2,1-2H3. The Morgan fingerprint density at radius 3 is 2.63 bits per heavy atom. The molecule has 150 valence electrons. The summed E-state index contributed by atoms with van der Waals surface area (Å²) in [5, 5.41) is 8.59. The average molecular weight is 402 g/mol. The maximum Gasteiger partial charge on any atom is 0.341 e. The lowest BCUT2D eigenvalue weighted by Gasteiger charge is -2.07. The van der Waals surface area contributed by atoms with Gasteiger partial charge in [0.1, 0.15) is 11.4 Å². The zero-order valence-corrected chi connectivity index (χ0v) is 16.4. The van der Waals surface area contributed by atoms with E-state index in [9.17, 15) is 9.59 Å². The van der Waals surface area contributed by atoms with Gasteiger partial charge in [0.25, 0.3) is 0 Å². The largest absolute Gasteiger partial charge is 0.465 e. The van der Waals surface area contributed by atoms with Crippen LogP contribution in [-0.2, 0) is 18.2 Å². The molecule has 0 aliphatic rings. The van der Waals surface area contributed by atoms with Gasteiger partial charge in [-0.25, -0.2) is 19.4 Å². The van der Waals surface area contributed by atoms with Crippen molar-refractivity contribution < 1.29 is 9.53 Å². The Morgan fingerprint density at radius 1 is 1.13 bits per heavy atom. The summed E-state index contributed by atoms with van der Waals surface area (Å²) in [6.07, 6.45) is 8.32. The van der Waals surface area contributed by atoms with E-state index in [0.717, 1.165) is 16.8 Å². The van der Waals surface area contributed by atoms with E-state index in [2.05, 4.69) is 24.9 Å². The minimum Gasteiger partial charge on any atom is -0.465 e. The molecule has 0 saturated carbocycles. The molecule has 0 aliphatic carbocycles. The Hall–Kier alpha value is -4.14. The second-order valence-electron chi connectivity index (χ2n) is 6.61. The van der Waals surface area contributed by atoms with Crippen LogP contribution in [0.5, 0.6) is 0 Å². The van der Waals surface area contributed by atoms with Gasteiger partial charge in [-0.1, -0.05) is 18.2 Å². The average Bonchev–Trinajstić information content (AvgIpc) is 3.21. The first-order chi connectivity index (χ1) is 14.5. The summed E-state index contributed by atoms with van der Waals surface area (Å²) in [6, 6.07) is 9.03. The summed E-state index contributed by atoms with van der Waals surface area (Å²) in [6.45, 7) is 0. The summed E-state index contributed by atoms with van der Waals surface area (Å²) in [5.41, 5.74) is 2.99. The summed E-state index contributed by atoms with van der Waals surface area (Å²) in [5.74, 6) is -0.0198. The lowest BCUT2D eigenvalue weighted by molar-refractivity contribution is 0.0600. The van der Waals surface area contributed by atoms with Crippen LogP contribution < -0.4 is 5.43 Å². The number of benzene rings is 1. The highest BCUT2D eigenvalue weighted by Gasteiger charge is 2.10. The van der Waals surface area contributed by atoms with Gasteiger partial charge in [-0.3, -0.25) is 9.48 Å². The number of hydrogen-bond acceptors (Lipinski definition) is 7. The molecule has 3 aromatic heterocycles. The molecule has 0 bridgehead atoms. The van der Waals surface area contributed by atoms with E-state index in [1.165, 1.54) is 25.6 Å². The second-order valence-corrected chi connectivity index (χ2v) is 6.61. The second kappa shape index (κ2) is 8.08. The van der Waals surface area contributed by atoms with E-state index in [-0.39, 0.29) is 11.0 Å². The SMILES string of the molecule is COC(=O)c1cnc(-c2cccc(Cc3nn(-c4cnn(C)c4)ccc3=O)c2)nc1. The van der Waals surface area contributed by atoms with Gasteiger partial charge in [-0.15, -0.1) is 0 Å². The van der Waals surface area contributed by atoms with Crippen LogP contribution in [0.25, 0.3) is 17.1 Å². The van der Waals surface area contributed by atoms with Gasteiger partial charge in [-0.2, -0.15) is 10.2 Å². The molecule has 30 heavy (non-hydrogen) atoms. The van der Waals surface area contributed by atoms with Crippen molar-refractivity contribution in [3.05, 3.63) is 88.4 Å². The molecule has 0 fully saturated rings. The Kier molecular flexibility index (Phi) is 5.17. The van der Waals surface area contributed by atoms with Gasteiger partial charge < -0.3 is 4.74 Å². The van der Waals surface area contributed by atoms with Crippen molar-refractivity contribution in [2.45, 2.75) is 6.42 Å². The third kappa shape index (κ3) is 4.00. The molecule has 0 saturated heterocycles. The third-order valence-electron chi connectivity index (χ3n) is 4.47. The molecule has 0 spiro atoms. The molecule has 3 heterocycles. The van der Waals surface area contributed by atoms with Gasteiger partial charge >= 0.3 is 5.97 Å². The van der Waals surface area contributed by atoms with Gasteiger partial charge in [0.05, 0.1) is 25.1 Å². The maximum atomic E-state index is 12.3. The van der Waals surface area contributed by atoms with Crippen molar-refractivity contribution >= 4 is 5.97 Å². The lowest BCUT2D eigenvalue weighted by atomic mass is 10.1. The first-order valence-electron chi connectivity index (χ1n) is 9.11. The topological polar surface area (TPSA) is 105 Å². The molecule has 9 heteroatoms. The predicted octanol–water partition coefficient (Wildman–Crippen LogP) is 1.80. The van der Waals surface area contributed by atoms with Crippen LogP contribution in [0.15, 0.2) is 66.1 Å². The molecule has 0 amide bonds. The fourth-order valence-corrected chi connectivity index (χ4v) is 2.95. The van der Waals surface area contributed by atoms with Crippen LogP contribution in [0.3, 0.4) is 0 Å². The van der Waals surface area contributed by atoms with Crippen molar-refractivity contribution in [1.82, 2.24) is 29.5 Å². The molecule has 0 unspecified atom stereocenters. The first-order valence-corrected chi connectivity index (χ1v) is 9.11. The lowest BCUT2D eigenvalue weighted by Crippen LogP contribution is -2.16. The number of aryl methyl sites for hydroxylation is 1. The zero-order chi connectivity index (χ0) is 21.1. The molecule has 0 N–H and O–H groups in total. The number of nitrogens with zero attached hydrogens (tertiary/aromatic N) is 6. The van der Waals surface area contributed by atoms with E-state index in [0.29, 0.717) is 17.9 Å². The Bertz CT molecular complexity index is 1260. The van der Waals surface area contributed by atoms with E-state index in [1.54, 1.807) is 21.8 Å². The van der Waals surface area contributed by atoms with Crippen LogP contribution in [0.2, 0.25) is 0 Å². The summed E-state index contributed by atoms with van der Waals surface area (Å²) < 4.78 is 7.96. The van der Waals surface area contributed by atoms with Gasteiger partial charge in [0.2, 0.25) is 5.43 Å². The number of aromatic nitrogens is 6. The molecule has 4 aromatic rings. The summed E-state index contributed by atoms with van der Waals surface area (Å²) in [4.78, 5) is 32.3. The Balaban J connectivity index is 1.61. The summed E-state index contributed by atoms with van der Waals surface area (Å²) >= 11 is 0. The maximum absolute atomic E-state index is 12.3. The number of carbonyl (C=O) groups excluding carboxylic acids is 1. The summed E-state index contributed by atoms with van der Waals surface area (Å²) in [7, 11) is 3.12. The molecular formula is C21H18N6O3. The fraction of sp³-hybridized carbons (Fsp3) is 0.143. The molecule has 0 atom stereocenters. The number of methoxy groups -OCH3 is 1. The van der Waals surface area contributed by atoms with Crippen LogP contribution >= 0.6 is 0 Å². The van der Waals surface area contributed by atoms with Crippen molar-refractivity contribution in [3.63, 3.8) is 0 Å². The monoisotopic (exact) mass is 402 g/mol. The number of ether oxygens (including phenoxy) is 1. The van der Waals surface area contributed by atoms with Gasteiger partial charge in [-0.05, 0) is 11.6 Å². The normalized spacial score (nSPS) is 10.7. The Labute approximate surface area is 171 Å². The van der Waals surface area contributed by atoms with E-state index >= 15 is 0 Å². The molecule has 1 aromatic carbocycles. The van der Waals surface area contributed by atoms with E-state index < -0.39 is 5.97 Å². The van der Waals surface area contributed by atoms with Gasteiger partial charge in [0, 0.05) is 43.7 Å². The quantitative estimate of drug-likeness (QED) is 0.469. The van der Waals surface area contributed by atoms with Crippen LogP contribution in [0.4, 0.5) is 0 Å². The molecular weight excluding hydrogens is 384 g/mol. The van der Waals surface area contributed by atoms with E-state index in [1.807, 2.05) is 37.5 Å². The van der Waals surface area contributed by atoms with Crippen LogP contribution in [0, 0.1) is 0 Å². The predicted molar refractivity (Wildman–Crippen MR) is 108 cm³/mol. The smallest absolute Gasteiger partial charge is 0.341 e. The molecule has 9 nitrogen and oxygen atoms in total. The van der Waals surface area contributed by atoms with Crippen LogP contribution in [-0.4, -0.2) is 42.6 Å². The van der Waals surface area contributed by atoms with Crippen molar-refractivity contribution in [2.75, 3.05) is 7.11 Å².